The molecule has 1 aromatic rings. The van der Waals surface area contributed by atoms with Gasteiger partial charge in [0.1, 0.15) is 0 Å². The highest BCUT2D eigenvalue weighted by Crippen LogP contribution is 2.39. The SMILES string of the molecule is Cc1cccc2c1CC1(CCOCC1)N2. The molecule has 0 aliphatic carbocycles. The third kappa shape index (κ3) is 1.44. The summed E-state index contributed by atoms with van der Waals surface area (Å²) in [5, 5.41) is 3.71. The highest BCUT2D eigenvalue weighted by atomic mass is 16.5. The number of benzene rings is 1. The fourth-order valence-corrected chi connectivity index (χ4v) is 2.79. The molecule has 1 aromatic carbocycles. The Morgan fingerprint density at radius 1 is 1.27 bits per heavy atom. The van der Waals surface area contributed by atoms with Gasteiger partial charge in [-0.2, -0.15) is 0 Å². The van der Waals surface area contributed by atoms with Crippen LogP contribution in [0.1, 0.15) is 24.0 Å². The fourth-order valence-electron chi connectivity index (χ4n) is 2.79. The molecule has 2 heterocycles. The Hall–Kier alpha value is -1.02. The molecule has 1 N–H and O–H groups in total. The number of rotatable bonds is 0. The molecule has 2 aliphatic heterocycles. The van der Waals surface area contributed by atoms with Crippen LogP contribution >= 0.6 is 0 Å². The van der Waals surface area contributed by atoms with Gasteiger partial charge in [-0.25, -0.2) is 0 Å². The molecule has 0 radical (unpaired) electrons. The normalized spacial score (nSPS) is 22.5. The number of fused-ring (bicyclic) bond motifs is 1. The topological polar surface area (TPSA) is 21.3 Å². The van der Waals surface area contributed by atoms with Crippen LogP contribution in [0.3, 0.4) is 0 Å². The van der Waals surface area contributed by atoms with Gasteiger partial charge in [0, 0.05) is 24.4 Å². The van der Waals surface area contributed by atoms with Crippen molar-refractivity contribution >= 4 is 5.69 Å². The molecule has 2 nitrogen and oxygen atoms in total. The maximum absolute atomic E-state index is 5.45. The second-order valence-corrected chi connectivity index (χ2v) is 4.80. The minimum absolute atomic E-state index is 0.298. The number of anilines is 1. The zero-order chi connectivity index (χ0) is 10.3. The first-order valence-electron chi connectivity index (χ1n) is 5.74. The standard InChI is InChI=1S/C13H17NO/c1-10-3-2-4-12-11(10)9-13(14-12)5-7-15-8-6-13/h2-4,14H,5-9H2,1H3. The van der Waals surface area contributed by atoms with Crippen molar-refractivity contribution in [1.82, 2.24) is 0 Å². The molecule has 0 atom stereocenters. The van der Waals surface area contributed by atoms with Crippen LogP contribution in [-0.4, -0.2) is 18.8 Å². The summed E-state index contributed by atoms with van der Waals surface area (Å²) in [5.41, 5.74) is 4.58. The average Bonchev–Trinajstić information content (AvgIpc) is 2.59. The predicted molar refractivity (Wildman–Crippen MR) is 61.3 cm³/mol. The van der Waals surface area contributed by atoms with Gasteiger partial charge in [0.25, 0.3) is 0 Å². The van der Waals surface area contributed by atoms with E-state index in [-0.39, 0.29) is 0 Å². The van der Waals surface area contributed by atoms with E-state index in [9.17, 15) is 0 Å². The van der Waals surface area contributed by atoms with E-state index in [0.29, 0.717) is 5.54 Å². The molecule has 3 rings (SSSR count). The molecule has 0 bridgehead atoms. The van der Waals surface area contributed by atoms with Crippen molar-refractivity contribution in [1.29, 1.82) is 0 Å². The van der Waals surface area contributed by atoms with E-state index in [1.165, 1.54) is 23.2 Å². The smallest absolute Gasteiger partial charge is 0.0488 e. The van der Waals surface area contributed by atoms with E-state index >= 15 is 0 Å². The third-order valence-corrected chi connectivity index (χ3v) is 3.78. The van der Waals surface area contributed by atoms with Crippen LogP contribution in [0.5, 0.6) is 0 Å². The molecule has 1 spiro atoms. The summed E-state index contributed by atoms with van der Waals surface area (Å²) in [5.74, 6) is 0. The van der Waals surface area contributed by atoms with E-state index in [1.54, 1.807) is 0 Å². The molecule has 2 aliphatic rings. The summed E-state index contributed by atoms with van der Waals surface area (Å²) < 4.78 is 5.45. The Bertz CT molecular complexity index is 380. The summed E-state index contributed by atoms with van der Waals surface area (Å²) in [4.78, 5) is 0. The van der Waals surface area contributed by atoms with Crippen LogP contribution in [0.25, 0.3) is 0 Å². The van der Waals surface area contributed by atoms with Crippen LogP contribution in [0.15, 0.2) is 18.2 Å². The van der Waals surface area contributed by atoms with Crippen molar-refractivity contribution < 1.29 is 4.74 Å². The highest BCUT2D eigenvalue weighted by Gasteiger charge is 2.38. The average molecular weight is 203 g/mol. The monoisotopic (exact) mass is 203 g/mol. The Balaban J connectivity index is 1.94. The van der Waals surface area contributed by atoms with Gasteiger partial charge in [-0.05, 0) is 43.4 Å². The van der Waals surface area contributed by atoms with Crippen molar-refractivity contribution in [3.05, 3.63) is 29.3 Å². The molecule has 1 fully saturated rings. The quantitative estimate of drug-likeness (QED) is 0.699. The van der Waals surface area contributed by atoms with Gasteiger partial charge in [-0.3, -0.25) is 0 Å². The summed E-state index contributed by atoms with van der Waals surface area (Å²) in [7, 11) is 0. The van der Waals surface area contributed by atoms with Gasteiger partial charge >= 0.3 is 0 Å². The fraction of sp³-hybridized carbons (Fsp3) is 0.538. The van der Waals surface area contributed by atoms with E-state index in [0.717, 1.165) is 26.1 Å². The van der Waals surface area contributed by atoms with Crippen molar-refractivity contribution in [2.75, 3.05) is 18.5 Å². The lowest BCUT2D eigenvalue weighted by molar-refractivity contribution is 0.0624. The number of hydrogen-bond donors (Lipinski definition) is 1. The molecule has 15 heavy (non-hydrogen) atoms. The summed E-state index contributed by atoms with van der Waals surface area (Å²) in [6.45, 7) is 4.01. The second kappa shape index (κ2) is 3.24. The predicted octanol–water partition coefficient (Wildman–Crippen LogP) is 2.51. The van der Waals surface area contributed by atoms with Crippen molar-refractivity contribution in [3.63, 3.8) is 0 Å². The number of ether oxygens (including phenoxy) is 1. The lowest BCUT2D eigenvalue weighted by atomic mass is 9.86. The van der Waals surface area contributed by atoms with E-state index in [4.69, 9.17) is 4.74 Å². The molecule has 0 unspecified atom stereocenters. The van der Waals surface area contributed by atoms with Crippen LogP contribution in [0.2, 0.25) is 0 Å². The third-order valence-electron chi connectivity index (χ3n) is 3.78. The van der Waals surface area contributed by atoms with E-state index < -0.39 is 0 Å². The highest BCUT2D eigenvalue weighted by molar-refractivity contribution is 5.61. The molecular weight excluding hydrogens is 186 g/mol. The minimum atomic E-state index is 0.298. The van der Waals surface area contributed by atoms with E-state index in [2.05, 4.69) is 30.4 Å². The summed E-state index contributed by atoms with van der Waals surface area (Å²) >= 11 is 0. The molecule has 0 saturated carbocycles. The Morgan fingerprint density at radius 2 is 2.07 bits per heavy atom. The lowest BCUT2D eigenvalue weighted by Gasteiger charge is -2.34. The molecule has 2 heteroatoms. The first kappa shape index (κ1) is 9.22. The van der Waals surface area contributed by atoms with Crippen molar-refractivity contribution in [2.45, 2.75) is 31.7 Å². The first-order chi connectivity index (χ1) is 7.29. The van der Waals surface area contributed by atoms with Crippen LogP contribution in [-0.2, 0) is 11.2 Å². The Morgan fingerprint density at radius 3 is 2.80 bits per heavy atom. The van der Waals surface area contributed by atoms with Crippen LogP contribution in [0, 0.1) is 6.92 Å². The van der Waals surface area contributed by atoms with Crippen molar-refractivity contribution in [3.8, 4) is 0 Å². The maximum Gasteiger partial charge on any atom is 0.0488 e. The van der Waals surface area contributed by atoms with Gasteiger partial charge in [0.15, 0.2) is 0 Å². The zero-order valence-electron chi connectivity index (χ0n) is 9.18. The maximum atomic E-state index is 5.45. The van der Waals surface area contributed by atoms with Crippen LogP contribution in [0.4, 0.5) is 5.69 Å². The Labute approximate surface area is 90.6 Å². The van der Waals surface area contributed by atoms with Gasteiger partial charge in [0.05, 0.1) is 0 Å². The largest absolute Gasteiger partial charge is 0.381 e. The minimum Gasteiger partial charge on any atom is -0.381 e. The number of aryl methyl sites for hydroxylation is 1. The molecular formula is C13H17NO. The Kier molecular flexibility index (Phi) is 1.99. The summed E-state index contributed by atoms with van der Waals surface area (Å²) in [6.07, 6.45) is 3.46. The van der Waals surface area contributed by atoms with Gasteiger partial charge < -0.3 is 10.1 Å². The first-order valence-corrected chi connectivity index (χ1v) is 5.74. The second-order valence-electron chi connectivity index (χ2n) is 4.80. The van der Waals surface area contributed by atoms with Gasteiger partial charge in [-0.1, -0.05) is 12.1 Å². The van der Waals surface area contributed by atoms with Crippen LogP contribution < -0.4 is 5.32 Å². The van der Waals surface area contributed by atoms with Gasteiger partial charge in [0.2, 0.25) is 0 Å². The van der Waals surface area contributed by atoms with Gasteiger partial charge in [-0.15, -0.1) is 0 Å². The van der Waals surface area contributed by atoms with Crippen molar-refractivity contribution in [2.24, 2.45) is 0 Å². The molecule has 80 valence electrons. The number of hydrogen-bond acceptors (Lipinski definition) is 2. The molecule has 1 saturated heterocycles. The molecule has 0 aromatic heterocycles. The summed E-state index contributed by atoms with van der Waals surface area (Å²) in [6, 6.07) is 6.55. The molecule has 0 amide bonds. The lowest BCUT2D eigenvalue weighted by Crippen LogP contribution is -2.41. The van der Waals surface area contributed by atoms with E-state index in [1.807, 2.05) is 0 Å². The zero-order valence-corrected chi connectivity index (χ0v) is 9.18. The number of nitrogens with one attached hydrogen (secondary N) is 1.